The lowest BCUT2D eigenvalue weighted by molar-refractivity contribution is 0.0991. The van der Waals surface area contributed by atoms with Gasteiger partial charge in [-0.2, -0.15) is 0 Å². The van der Waals surface area contributed by atoms with Crippen molar-refractivity contribution in [2.24, 2.45) is 0 Å². The van der Waals surface area contributed by atoms with E-state index in [4.69, 9.17) is 15.2 Å². The standard InChI is InChI=1S/C16H18N3O3/c1-3-8-22-14-9-11(16(17)20)4-6-13(14)19-12-5-7-15(21-2)18-10-12/h4-7,9-10,17,19H,3,8H2,1-2H3. The van der Waals surface area contributed by atoms with E-state index >= 15 is 0 Å². The first kappa shape index (κ1) is 15.6. The zero-order valence-corrected chi connectivity index (χ0v) is 12.6. The minimum atomic E-state index is -0.737. The van der Waals surface area contributed by atoms with E-state index in [0.717, 1.165) is 12.1 Å². The maximum absolute atomic E-state index is 11.2. The molecule has 0 bridgehead atoms. The number of hydrogen-bond donors (Lipinski definition) is 1. The smallest absolute Gasteiger partial charge is 0.269 e. The fourth-order valence-corrected chi connectivity index (χ4v) is 1.83. The van der Waals surface area contributed by atoms with Crippen molar-refractivity contribution in [3.63, 3.8) is 0 Å². The Morgan fingerprint density at radius 3 is 2.73 bits per heavy atom. The number of nitrogens with zero attached hydrogens (tertiary/aromatic N) is 1. The predicted molar refractivity (Wildman–Crippen MR) is 83.7 cm³/mol. The van der Waals surface area contributed by atoms with Crippen molar-refractivity contribution in [1.29, 1.82) is 0 Å². The van der Waals surface area contributed by atoms with E-state index in [1.165, 1.54) is 0 Å². The minimum Gasteiger partial charge on any atom is -0.491 e. The van der Waals surface area contributed by atoms with Crippen LogP contribution >= 0.6 is 0 Å². The number of rotatable bonds is 7. The van der Waals surface area contributed by atoms with Crippen LogP contribution < -0.4 is 20.5 Å². The SMILES string of the molecule is CCCOc1cc(C([NH])=O)ccc1Nc1ccc(OC)nc1. The molecular formula is C16H18N3O3. The van der Waals surface area contributed by atoms with E-state index in [1.54, 1.807) is 37.6 Å². The van der Waals surface area contributed by atoms with Crippen LogP contribution in [0.1, 0.15) is 23.7 Å². The first-order chi connectivity index (χ1) is 10.6. The highest BCUT2D eigenvalue weighted by Gasteiger charge is 2.09. The van der Waals surface area contributed by atoms with Crippen molar-refractivity contribution < 1.29 is 14.3 Å². The van der Waals surface area contributed by atoms with Crippen molar-refractivity contribution in [2.45, 2.75) is 13.3 Å². The minimum absolute atomic E-state index is 0.296. The number of anilines is 2. The molecule has 0 saturated heterocycles. The van der Waals surface area contributed by atoms with Crippen LogP contribution in [0.25, 0.3) is 0 Å². The molecule has 2 N–H and O–H groups in total. The van der Waals surface area contributed by atoms with Gasteiger partial charge in [-0.3, -0.25) is 10.5 Å². The van der Waals surface area contributed by atoms with Gasteiger partial charge in [0, 0.05) is 11.6 Å². The van der Waals surface area contributed by atoms with Crippen molar-refractivity contribution >= 4 is 17.3 Å². The highest BCUT2D eigenvalue weighted by Crippen LogP contribution is 2.29. The van der Waals surface area contributed by atoms with Crippen molar-refractivity contribution in [3.8, 4) is 11.6 Å². The summed E-state index contributed by atoms with van der Waals surface area (Å²) in [5.41, 5.74) is 8.97. The highest BCUT2D eigenvalue weighted by molar-refractivity contribution is 5.93. The lowest BCUT2D eigenvalue weighted by Crippen LogP contribution is -2.04. The van der Waals surface area contributed by atoms with Crippen LogP contribution in [0.2, 0.25) is 0 Å². The Morgan fingerprint density at radius 1 is 1.32 bits per heavy atom. The molecule has 1 aromatic heterocycles. The van der Waals surface area contributed by atoms with E-state index in [-0.39, 0.29) is 0 Å². The molecule has 1 heterocycles. The summed E-state index contributed by atoms with van der Waals surface area (Å²) in [6.07, 6.45) is 2.49. The van der Waals surface area contributed by atoms with Crippen molar-refractivity contribution in [2.75, 3.05) is 19.0 Å². The van der Waals surface area contributed by atoms with Gasteiger partial charge in [0.05, 0.1) is 31.3 Å². The summed E-state index contributed by atoms with van der Waals surface area (Å²) in [7, 11) is 1.56. The Labute approximate surface area is 129 Å². The Hall–Kier alpha value is -2.76. The highest BCUT2D eigenvalue weighted by atomic mass is 16.5. The van der Waals surface area contributed by atoms with E-state index in [9.17, 15) is 4.79 Å². The van der Waals surface area contributed by atoms with Gasteiger partial charge < -0.3 is 14.8 Å². The molecule has 1 aromatic carbocycles. The van der Waals surface area contributed by atoms with Crippen LogP contribution in [0.5, 0.6) is 11.6 Å². The molecule has 1 radical (unpaired) electrons. The van der Waals surface area contributed by atoms with E-state index in [0.29, 0.717) is 29.5 Å². The maximum atomic E-state index is 11.2. The van der Waals surface area contributed by atoms with E-state index in [1.807, 2.05) is 13.0 Å². The number of ether oxygens (including phenoxy) is 2. The first-order valence-electron chi connectivity index (χ1n) is 6.94. The first-order valence-corrected chi connectivity index (χ1v) is 6.94. The molecule has 6 nitrogen and oxygen atoms in total. The Bertz CT molecular complexity index is 642. The molecule has 22 heavy (non-hydrogen) atoms. The summed E-state index contributed by atoms with van der Waals surface area (Å²) in [5, 5.41) is 3.18. The van der Waals surface area contributed by atoms with E-state index < -0.39 is 5.91 Å². The van der Waals surface area contributed by atoms with Gasteiger partial charge in [-0.1, -0.05) is 6.92 Å². The molecule has 0 aliphatic carbocycles. The van der Waals surface area contributed by atoms with Gasteiger partial charge in [0.1, 0.15) is 5.75 Å². The second-order valence-electron chi connectivity index (χ2n) is 4.60. The number of carbonyl (C=O) groups is 1. The number of nitrogens with one attached hydrogen (secondary N) is 2. The quantitative estimate of drug-likeness (QED) is 0.849. The Balaban J connectivity index is 2.25. The molecule has 2 aromatic rings. The summed E-state index contributed by atoms with van der Waals surface area (Å²) < 4.78 is 10.7. The van der Waals surface area contributed by atoms with Crippen LogP contribution in [0, 0.1) is 0 Å². The van der Waals surface area contributed by atoms with Gasteiger partial charge in [0.15, 0.2) is 0 Å². The normalized spacial score (nSPS) is 10.1. The third-order valence-electron chi connectivity index (χ3n) is 2.93. The number of amides is 1. The molecule has 0 spiro atoms. The number of aromatic nitrogens is 1. The van der Waals surface area contributed by atoms with Crippen molar-refractivity contribution in [1.82, 2.24) is 10.7 Å². The fraction of sp³-hybridized carbons (Fsp3) is 0.250. The summed E-state index contributed by atoms with van der Waals surface area (Å²) in [4.78, 5) is 15.3. The average molecular weight is 300 g/mol. The van der Waals surface area contributed by atoms with Crippen LogP contribution in [-0.2, 0) is 0 Å². The van der Waals surface area contributed by atoms with Crippen LogP contribution in [0.3, 0.4) is 0 Å². The third kappa shape index (κ3) is 3.88. The number of benzene rings is 1. The molecule has 0 unspecified atom stereocenters. The topological polar surface area (TPSA) is 84.2 Å². The lowest BCUT2D eigenvalue weighted by atomic mass is 10.1. The molecule has 0 aliphatic heterocycles. The van der Waals surface area contributed by atoms with Gasteiger partial charge in [0.2, 0.25) is 5.88 Å². The number of carbonyl (C=O) groups excluding carboxylic acids is 1. The second-order valence-corrected chi connectivity index (χ2v) is 4.60. The predicted octanol–water partition coefficient (Wildman–Crippen LogP) is 3.05. The summed E-state index contributed by atoms with van der Waals surface area (Å²) in [6, 6.07) is 8.46. The van der Waals surface area contributed by atoms with Crippen LogP contribution in [0.4, 0.5) is 11.4 Å². The summed E-state index contributed by atoms with van der Waals surface area (Å²) >= 11 is 0. The maximum Gasteiger partial charge on any atom is 0.269 e. The number of hydrogen-bond acceptors (Lipinski definition) is 5. The van der Waals surface area contributed by atoms with Crippen molar-refractivity contribution in [3.05, 3.63) is 42.1 Å². The Morgan fingerprint density at radius 2 is 2.14 bits per heavy atom. The molecule has 115 valence electrons. The molecule has 1 amide bonds. The van der Waals surface area contributed by atoms with Gasteiger partial charge >= 0.3 is 0 Å². The zero-order chi connectivity index (χ0) is 15.9. The summed E-state index contributed by atoms with van der Waals surface area (Å²) in [6.45, 7) is 2.53. The Kier molecular flexibility index (Phi) is 5.19. The zero-order valence-electron chi connectivity index (χ0n) is 12.6. The van der Waals surface area contributed by atoms with Gasteiger partial charge in [0.25, 0.3) is 5.91 Å². The van der Waals surface area contributed by atoms with Crippen LogP contribution in [0.15, 0.2) is 36.5 Å². The largest absolute Gasteiger partial charge is 0.491 e. The molecule has 0 atom stereocenters. The molecular weight excluding hydrogens is 282 g/mol. The molecule has 0 saturated carbocycles. The molecule has 0 aliphatic rings. The van der Waals surface area contributed by atoms with Gasteiger partial charge in [-0.05, 0) is 30.7 Å². The van der Waals surface area contributed by atoms with Crippen LogP contribution in [-0.4, -0.2) is 24.6 Å². The average Bonchev–Trinajstić information content (AvgIpc) is 2.54. The summed E-state index contributed by atoms with van der Waals surface area (Å²) in [5.74, 6) is 0.331. The fourth-order valence-electron chi connectivity index (χ4n) is 1.83. The second kappa shape index (κ2) is 7.31. The molecule has 2 rings (SSSR count). The molecule has 6 heteroatoms. The number of pyridine rings is 1. The van der Waals surface area contributed by atoms with Gasteiger partial charge in [-0.25, -0.2) is 4.98 Å². The third-order valence-corrected chi connectivity index (χ3v) is 2.93. The monoisotopic (exact) mass is 300 g/mol. The van der Waals surface area contributed by atoms with E-state index in [2.05, 4.69) is 10.3 Å². The lowest BCUT2D eigenvalue weighted by Gasteiger charge is -2.14. The van der Waals surface area contributed by atoms with Gasteiger partial charge in [-0.15, -0.1) is 0 Å². The molecule has 0 fully saturated rings. The number of methoxy groups -OCH3 is 1.